The van der Waals surface area contributed by atoms with Gasteiger partial charge in [0.2, 0.25) is 29.5 Å². The maximum atomic E-state index is 13.2. The highest BCUT2D eigenvalue weighted by Gasteiger charge is 2.43. The SMILES string of the molecule is C[C@H]1CN(CCOCCOCCOc2cccc3c2n(C)c(=O)n3C2CCC(=O)NC2=O)CCCN1c1nccc(-c2noc([C@@]3(C)CCCc4sc(N)c(C#N)c43)n2)n1. The van der Waals surface area contributed by atoms with Crippen LogP contribution in [0.1, 0.15) is 73.9 Å². The first-order chi connectivity index (χ1) is 29.1. The Morgan fingerprint density at radius 1 is 1.07 bits per heavy atom. The fraction of sp³-hybridized carbons (Fsp3) is 0.512. The molecule has 3 atom stereocenters. The van der Waals surface area contributed by atoms with Crippen molar-refractivity contribution in [1.29, 1.82) is 5.26 Å². The zero-order valence-electron chi connectivity index (χ0n) is 34.0. The Balaban J connectivity index is 0.783. The van der Waals surface area contributed by atoms with Crippen molar-refractivity contribution < 1.29 is 28.3 Å². The molecule has 2 saturated heterocycles. The maximum absolute atomic E-state index is 13.2. The summed E-state index contributed by atoms with van der Waals surface area (Å²) in [6.45, 7) is 9.52. The van der Waals surface area contributed by atoms with Crippen molar-refractivity contribution in [3.8, 4) is 23.3 Å². The lowest BCUT2D eigenvalue weighted by molar-refractivity contribution is -0.135. The predicted molar refractivity (Wildman–Crippen MR) is 222 cm³/mol. The van der Waals surface area contributed by atoms with E-state index in [0.29, 0.717) is 77.1 Å². The highest BCUT2D eigenvalue weighted by molar-refractivity contribution is 7.16. The van der Waals surface area contributed by atoms with E-state index in [1.54, 1.807) is 37.5 Å². The predicted octanol–water partition coefficient (Wildman–Crippen LogP) is 3.33. The minimum Gasteiger partial charge on any atom is -0.489 e. The van der Waals surface area contributed by atoms with Gasteiger partial charge in [-0.05, 0) is 70.7 Å². The molecule has 19 heteroatoms. The third-order valence-electron chi connectivity index (χ3n) is 11.7. The van der Waals surface area contributed by atoms with Gasteiger partial charge in [-0.2, -0.15) is 10.2 Å². The number of nitriles is 1. The number of aromatic nitrogens is 6. The molecule has 8 rings (SSSR count). The van der Waals surface area contributed by atoms with Gasteiger partial charge in [0.05, 0.1) is 42.9 Å². The number of aryl methyl sites for hydroxylation is 2. The third kappa shape index (κ3) is 7.99. The number of nitrogens with one attached hydrogen (secondary N) is 1. The summed E-state index contributed by atoms with van der Waals surface area (Å²) in [7, 11) is 1.64. The zero-order chi connectivity index (χ0) is 42.0. The second kappa shape index (κ2) is 17.5. The number of nitrogens with zero attached hydrogens (tertiary/aromatic N) is 9. The number of rotatable bonds is 14. The monoisotopic (exact) mass is 839 g/mol. The summed E-state index contributed by atoms with van der Waals surface area (Å²) >= 11 is 1.47. The van der Waals surface area contributed by atoms with Crippen LogP contribution in [0.5, 0.6) is 5.75 Å². The average Bonchev–Trinajstić information content (AvgIpc) is 3.90. The van der Waals surface area contributed by atoms with Crippen molar-refractivity contribution in [2.24, 2.45) is 7.05 Å². The summed E-state index contributed by atoms with van der Waals surface area (Å²) in [6.07, 6.45) is 5.69. The van der Waals surface area contributed by atoms with Crippen molar-refractivity contribution in [3.05, 3.63) is 62.8 Å². The highest BCUT2D eigenvalue weighted by Crippen LogP contribution is 2.48. The van der Waals surface area contributed by atoms with E-state index in [0.717, 1.165) is 62.3 Å². The standard InChI is InChI=1S/C41H49N11O7S/c1-25-24-50(17-18-56-19-20-57-21-22-58-30-8-4-7-28-34(30)49(3)40(55)52(28)29-10-11-32(53)46-37(29)54)15-6-16-51(25)39-44-14-12-27(45-39)36-47-38(59-48-36)41(2)13-5-9-31-33(41)26(23-42)35(43)60-31/h4,7-8,12,14,25,29H,5-6,9-11,13,15-22,24,43H2,1-3H3,(H,46,53,54)/t25-,29?,41-/m0/s1. The summed E-state index contributed by atoms with van der Waals surface area (Å²) < 4.78 is 26.5. The van der Waals surface area contributed by atoms with Crippen LogP contribution in [-0.4, -0.2) is 111 Å². The fourth-order valence-corrected chi connectivity index (χ4v) is 9.89. The van der Waals surface area contributed by atoms with Crippen LogP contribution < -0.4 is 26.4 Å². The molecule has 2 amide bonds. The molecule has 1 unspecified atom stereocenters. The van der Waals surface area contributed by atoms with Crippen LogP contribution in [-0.2, 0) is 37.9 Å². The van der Waals surface area contributed by atoms with Gasteiger partial charge in [0, 0.05) is 55.8 Å². The fourth-order valence-electron chi connectivity index (χ4n) is 8.70. The Labute approximate surface area is 350 Å². The number of benzene rings is 1. The molecule has 3 N–H and O–H groups in total. The van der Waals surface area contributed by atoms with Gasteiger partial charge in [-0.25, -0.2) is 14.8 Å². The highest BCUT2D eigenvalue weighted by atomic mass is 32.1. The number of nitrogen functional groups attached to an aromatic ring is 1. The lowest BCUT2D eigenvalue weighted by Gasteiger charge is -2.30. The Bertz CT molecular complexity index is 2490. The average molecular weight is 840 g/mol. The number of amides is 2. The molecule has 6 heterocycles. The largest absolute Gasteiger partial charge is 0.489 e. The normalized spacial score (nSPS) is 21.1. The van der Waals surface area contributed by atoms with Crippen molar-refractivity contribution >= 4 is 45.1 Å². The van der Waals surface area contributed by atoms with Crippen LogP contribution in [0.4, 0.5) is 10.9 Å². The molecule has 60 heavy (non-hydrogen) atoms. The topological polar surface area (TPSA) is 222 Å². The summed E-state index contributed by atoms with van der Waals surface area (Å²) in [6, 6.07) is 8.79. The first kappa shape index (κ1) is 41.1. The molecule has 2 fully saturated rings. The van der Waals surface area contributed by atoms with E-state index in [2.05, 4.69) is 38.3 Å². The summed E-state index contributed by atoms with van der Waals surface area (Å²) in [5.74, 6) is 1.14. The van der Waals surface area contributed by atoms with E-state index in [1.165, 1.54) is 20.5 Å². The van der Waals surface area contributed by atoms with Crippen molar-refractivity contribution in [2.45, 2.75) is 69.9 Å². The van der Waals surface area contributed by atoms with E-state index in [9.17, 15) is 19.6 Å². The van der Waals surface area contributed by atoms with Crippen LogP contribution in [0.25, 0.3) is 22.6 Å². The second-order valence-electron chi connectivity index (χ2n) is 15.7. The minimum absolute atomic E-state index is 0.143. The van der Waals surface area contributed by atoms with Crippen LogP contribution in [0, 0.1) is 11.3 Å². The van der Waals surface area contributed by atoms with Gasteiger partial charge >= 0.3 is 5.69 Å². The van der Waals surface area contributed by atoms with Gasteiger partial charge in [0.15, 0.2) is 0 Å². The molecular weight excluding hydrogens is 791 g/mol. The molecule has 18 nitrogen and oxygen atoms in total. The molecule has 0 bridgehead atoms. The van der Waals surface area contributed by atoms with Gasteiger partial charge in [0.1, 0.15) is 40.7 Å². The third-order valence-corrected chi connectivity index (χ3v) is 12.8. The first-order valence-electron chi connectivity index (χ1n) is 20.4. The number of hydrogen-bond donors (Lipinski definition) is 2. The molecular formula is C41H49N11O7S. The van der Waals surface area contributed by atoms with Crippen LogP contribution in [0.2, 0.25) is 0 Å². The molecule has 0 saturated carbocycles. The number of para-hydroxylation sites is 1. The van der Waals surface area contributed by atoms with Gasteiger partial charge in [-0.1, -0.05) is 11.2 Å². The second-order valence-corrected chi connectivity index (χ2v) is 16.8. The number of imide groups is 1. The first-order valence-corrected chi connectivity index (χ1v) is 21.2. The summed E-state index contributed by atoms with van der Waals surface area (Å²) in [5, 5.41) is 17.1. The van der Waals surface area contributed by atoms with Crippen LogP contribution in [0.3, 0.4) is 0 Å². The van der Waals surface area contributed by atoms with E-state index in [1.807, 2.05) is 6.92 Å². The van der Waals surface area contributed by atoms with Gasteiger partial charge in [-0.15, -0.1) is 11.3 Å². The van der Waals surface area contributed by atoms with Crippen molar-refractivity contribution in [2.75, 3.05) is 69.8 Å². The van der Waals surface area contributed by atoms with Crippen LogP contribution >= 0.6 is 11.3 Å². The maximum Gasteiger partial charge on any atom is 0.329 e. The van der Waals surface area contributed by atoms with Crippen molar-refractivity contribution in [1.82, 2.24) is 39.5 Å². The number of anilines is 2. The Kier molecular flexibility index (Phi) is 12.0. The molecule has 0 radical (unpaired) electrons. The lowest BCUT2D eigenvalue weighted by atomic mass is 9.72. The molecule has 2 aliphatic heterocycles. The summed E-state index contributed by atoms with van der Waals surface area (Å²) in [5.41, 5.74) is 8.40. The number of piperidine rings is 1. The Morgan fingerprint density at radius 3 is 2.70 bits per heavy atom. The van der Waals surface area contributed by atoms with Gasteiger partial charge < -0.3 is 29.4 Å². The summed E-state index contributed by atoms with van der Waals surface area (Å²) in [4.78, 5) is 57.4. The minimum atomic E-state index is -0.762. The molecule has 3 aliphatic rings. The molecule has 5 aromatic rings. The molecule has 1 aromatic carbocycles. The Morgan fingerprint density at radius 2 is 1.88 bits per heavy atom. The Hall–Kier alpha value is -5.68. The number of fused-ring (bicyclic) bond motifs is 2. The lowest BCUT2D eigenvalue weighted by Crippen LogP contribution is -2.44. The number of nitrogens with two attached hydrogens (primary N) is 1. The quantitative estimate of drug-likeness (QED) is 0.121. The van der Waals surface area contributed by atoms with E-state index in [-0.39, 0.29) is 37.1 Å². The van der Waals surface area contributed by atoms with Gasteiger partial charge in [0.25, 0.3) is 0 Å². The van der Waals surface area contributed by atoms with Crippen molar-refractivity contribution in [3.63, 3.8) is 0 Å². The van der Waals surface area contributed by atoms with E-state index in [4.69, 9.17) is 34.4 Å². The molecule has 4 aromatic heterocycles. The molecule has 1 aliphatic carbocycles. The number of hydrogen-bond acceptors (Lipinski definition) is 16. The number of imidazole rings is 1. The number of carbonyl (C=O) groups excluding carboxylic acids is 2. The van der Waals surface area contributed by atoms with Crippen LogP contribution in [0.15, 0.2) is 39.8 Å². The number of carbonyl (C=O) groups is 2. The number of thiophene rings is 1. The zero-order valence-corrected chi connectivity index (χ0v) is 34.8. The number of ether oxygens (including phenoxy) is 3. The van der Waals surface area contributed by atoms with E-state index < -0.39 is 17.4 Å². The molecule has 0 spiro atoms. The van der Waals surface area contributed by atoms with Gasteiger partial charge in [-0.3, -0.25) is 28.9 Å². The molecule has 316 valence electrons. The van der Waals surface area contributed by atoms with E-state index >= 15 is 0 Å². The smallest absolute Gasteiger partial charge is 0.329 e.